The maximum atomic E-state index is 11.7. The predicted molar refractivity (Wildman–Crippen MR) is 78.4 cm³/mol. The molecule has 0 aromatic heterocycles. The first-order valence-corrected chi connectivity index (χ1v) is 6.91. The number of ether oxygens (including phenoxy) is 4. The van der Waals surface area contributed by atoms with E-state index in [9.17, 15) is 4.79 Å². The van der Waals surface area contributed by atoms with Crippen LogP contribution in [0.2, 0.25) is 0 Å². The minimum absolute atomic E-state index is 0.0733. The van der Waals surface area contributed by atoms with Crippen LogP contribution in [0.1, 0.15) is 18.6 Å². The number of nitrogens with two attached hydrogens (primary N) is 1. The van der Waals surface area contributed by atoms with Gasteiger partial charge in [-0.25, -0.2) is 5.84 Å². The number of methoxy groups -OCH3 is 2. The van der Waals surface area contributed by atoms with Crippen LogP contribution in [0.5, 0.6) is 23.0 Å². The molecule has 0 unspecified atom stereocenters. The predicted octanol–water partition coefficient (Wildman–Crippen LogP) is 0.486. The van der Waals surface area contributed by atoms with E-state index >= 15 is 0 Å². The average Bonchev–Trinajstić information content (AvgIpc) is 3.19. The van der Waals surface area contributed by atoms with Crippen molar-refractivity contribution in [3.8, 4) is 23.0 Å². The van der Waals surface area contributed by atoms with Gasteiger partial charge in [-0.1, -0.05) is 12.1 Å². The Morgan fingerprint density at radius 2 is 2.09 bits per heavy atom. The van der Waals surface area contributed by atoms with Gasteiger partial charge in [0.25, 0.3) is 5.91 Å². The Balaban J connectivity index is 2.03. The van der Waals surface area contributed by atoms with Crippen molar-refractivity contribution in [2.45, 2.75) is 13.0 Å². The molecule has 2 heterocycles. The van der Waals surface area contributed by atoms with Gasteiger partial charge in [-0.2, -0.15) is 0 Å². The molecule has 0 radical (unpaired) electrons. The molecule has 3 rings (SSSR count). The molecular formula is C14H17N3O6. The molecule has 23 heavy (non-hydrogen) atoms. The monoisotopic (exact) mass is 323 g/mol. The molecule has 2 aliphatic heterocycles. The first kappa shape index (κ1) is 15.2. The van der Waals surface area contributed by atoms with Gasteiger partial charge >= 0.3 is 0 Å². The molecule has 9 nitrogen and oxygen atoms in total. The summed E-state index contributed by atoms with van der Waals surface area (Å²) >= 11 is 0. The Labute approximate surface area is 132 Å². The second kappa shape index (κ2) is 5.84. The summed E-state index contributed by atoms with van der Waals surface area (Å²) < 4.78 is 21.7. The van der Waals surface area contributed by atoms with Gasteiger partial charge in [0.05, 0.1) is 20.1 Å². The SMILES string of the molecule is COc1cc([C@@H]2ON=C(C(=O)NN)[C@@H]2C)c(OC)c2c1OCO2. The molecule has 0 aliphatic carbocycles. The van der Waals surface area contributed by atoms with E-state index in [0.717, 1.165) is 0 Å². The van der Waals surface area contributed by atoms with E-state index in [0.29, 0.717) is 28.6 Å². The number of oxime groups is 1. The fourth-order valence-electron chi connectivity index (χ4n) is 2.69. The van der Waals surface area contributed by atoms with Gasteiger partial charge in [0, 0.05) is 5.56 Å². The first-order chi connectivity index (χ1) is 11.1. The lowest BCUT2D eigenvalue weighted by molar-refractivity contribution is -0.115. The highest BCUT2D eigenvalue weighted by atomic mass is 16.7. The molecule has 124 valence electrons. The van der Waals surface area contributed by atoms with Crippen molar-refractivity contribution >= 4 is 11.6 Å². The summed E-state index contributed by atoms with van der Waals surface area (Å²) in [5.74, 6) is 6.18. The van der Waals surface area contributed by atoms with Crippen molar-refractivity contribution in [2.75, 3.05) is 21.0 Å². The van der Waals surface area contributed by atoms with E-state index in [4.69, 9.17) is 29.6 Å². The highest BCUT2D eigenvalue weighted by Crippen LogP contribution is 2.52. The number of carbonyl (C=O) groups excluding carboxylic acids is 1. The van der Waals surface area contributed by atoms with E-state index in [1.54, 1.807) is 6.07 Å². The van der Waals surface area contributed by atoms with Crippen LogP contribution in [-0.4, -0.2) is 32.6 Å². The number of nitrogens with one attached hydrogen (secondary N) is 1. The molecule has 0 fully saturated rings. The Kier molecular flexibility index (Phi) is 3.87. The van der Waals surface area contributed by atoms with E-state index in [2.05, 4.69) is 10.6 Å². The molecule has 1 aromatic rings. The van der Waals surface area contributed by atoms with Gasteiger partial charge in [0.2, 0.25) is 18.3 Å². The average molecular weight is 323 g/mol. The Morgan fingerprint density at radius 1 is 1.35 bits per heavy atom. The third-order valence-electron chi connectivity index (χ3n) is 3.84. The van der Waals surface area contributed by atoms with E-state index in [1.807, 2.05) is 6.92 Å². The second-order valence-corrected chi connectivity index (χ2v) is 5.03. The molecule has 2 atom stereocenters. The fraction of sp³-hybridized carbons (Fsp3) is 0.429. The molecule has 0 bridgehead atoms. The number of hydrazine groups is 1. The smallest absolute Gasteiger partial charge is 0.283 e. The summed E-state index contributed by atoms with van der Waals surface area (Å²) in [6.45, 7) is 1.88. The Morgan fingerprint density at radius 3 is 2.74 bits per heavy atom. The summed E-state index contributed by atoms with van der Waals surface area (Å²) in [4.78, 5) is 17.1. The van der Waals surface area contributed by atoms with Crippen LogP contribution in [0.25, 0.3) is 0 Å². The van der Waals surface area contributed by atoms with Crippen LogP contribution in [-0.2, 0) is 9.63 Å². The Hall–Kier alpha value is -2.68. The molecule has 9 heteroatoms. The van der Waals surface area contributed by atoms with Crippen LogP contribution < -0.4 is 30.2 Å². The van der Waals surface area contributed by atoms with Crippen LogP contribution in [0.15, 0.2) is 11.2 Å². The number of benzene rings is 1. The van der Waals surface area contributed by atoms with E-state index in [-0.39, 0.29) is 18.4 Å². The molecular weight excluding hydrogens is 306 g/mol. The second-order valence-electron chi connectivity index (χ2n) is 5.03. The molecule has 2 aliphatic rings. The van der Waals surface area contributed by atoms with Gasteiger partial charge < -0.3 is 23.8 Å². The van der Waals surface area contributed by atoms with Crippen LogP contribution >= 0.6 is 0 Å². The fourth-order valence-corrected chi connectivity index (χ4v) is 2.69. The van der Waals surface area contributed by atoms with Gasteiger partial charge in [0.1, 0.15) is 0 Å². The zero-order valence-electron chi connectivity index (χ0n) is 12.9. The molecule has 3 N–H and O–H groups in total. The third-order valence-corrected chi connectivity index (χ3v) is 3.84. The van der Waals surface area contributed by atoms with Gasteiger partial charge in [-0.15, -0.1) is 0 Å². The van der Waals surface area contributed by atoms with Crippen molar-refractivity contribution in [3.63, 3.8) is 0 Å². The van der Waals surface area contributed by atoms with Gasteiger partial charge in [-0.05, 0) is 6.07 Å². The van der Waals surface area contributed by atoms with Crippen molar-refractivity contribution < 1.29 is 28.6 Å². The lowest BCUT2D eigenvalue weighted by Crippen LogP contribution is -2.38. The molecule has 1 amide bonds. The number of hydrogen-bond donors (Lipinski definition) is 2. The number of nitrogens with zero attached hydrogens (tertiary/aromatic N) is 1. The largest absolute Gasteiger partial charge is 0.493 e. The highest BCUT2D eigenvalue weighted by molar-refractivity contribution is 6.39. The summed E-state index contributed by atoms with van der Waals surface area (Å²) in [5, 5.41) is 3.83. The van der Waals surface area contributed by atoms with Gasteiger partial charge in [0.15, 0.2) is 23.3 Å². The lowest BCUT2D eigenvalue weighted by Gasteiger charge is -2.19. The maximum Gasteiger partial charge on any atom is 0.283 e. The number of amides is 1. The quantitative estimate of drug-likeness (QED) is 0.471. The zero-order chi connectivity index (χ0) is 16.6. The lowest BCUT2D eigenvalue weighted by atomic mass is 9.92. The van der Waals surface area contributed by atoms with Gasteiger partial charge in [-0.3, -0.25) is 10.2 Å². The minimum Gasteiger partial charge on any atom is -0.493 e. The first-order valence-electron chi connectivity index (χ1n) is 6.91. The van der Waals surface area contributed by atoms with Crippen molar-refractivity contribution in [3.05, 3.63) is 11.6 Å². The topological polar surface area (TPSA) is 114 Å². The summed E-state index contributed by atoms with van der Waals surface area (Å²) in [5.41, 5.74) is 2.90. The number of fused-ring (bicyclic) bond motifs is 1. The highest BCUT2D eigenvalue weighted by Gasteiger charge is 2.40. The van der Waals surface area contributed by atoms with Crippen molar-refractivity contribution in [1.29, 1.82) is 0 Å². The zero-order valence-corrected chi connectivity index (χ0v) is 12.9. The summed E-state index contributed by atoms with van der Waals surface area (Å²) in [7, 11) is 3.04. The third kappa shape index (κ3) is 2.29. The van der Waals surface area contributed by atoms with Crippen molar-refractivity contribution in [2.24, 2.45) is 16.9 Å². The number of rotatable bonds is 4. The molecule has 0 saturated carbocycles. The Bertz CT molecular complexity index is 675. The molecule has 0 spiro atoms. The van der Waals surface area contributed by atoms with Crippen LogP contribution in [0.3, 0.4) is 0 Å². The van der Waals surface area contributed by atoms with E-state index in [1.165, 1.54) is 14.2 Å². The molecule has 0 saturated heterocycles. The van der Waals surface area contributed by atoms with E-state index < -0.39 is 12.0 Å². The standard InChI is InChI=1S/C14H17N3O6/c1-6-9(14(18)16-15)17-23-10(6)7-4-8(19-2)12-13(11(7)20-3)22-5-21-12/h4,6,10H,5,15H2,1-3H3,(H,16,18)/t6-,10+/m0/s1. The van der Waals surface area contributed by atoms with Crippen LogP contribution in [0, 0.1) is 5.92 Å². The number of hydrogen-bond acceptors (Lipinski definition) is 8. The maximum absolute atomic E-state index is 11.7. The minimum atomic E-state index is -0.541. The summed E-state index contributed by atoms with van der Waals surface area (Å²) in [6.07, 6.45) is -0.541. The molecule has 1 aromatic carbocycles. The van der Waals surface area contributed by atoms with Crippen molar-refractivity contribution in [1.82, 2.24) is 5.43 Å². The summed E-state index contributed by atoms with van der Waals surface area (Å²) in [6, 6.07) is 1.73. The number of carbonyl (C=O) groups is 1. The normalized spacial score (nSPS) is 21.5. The van der Waals surface area contributed by atoms with Crippen LogP contribution in [0.4, 0.5) is 0 Å².